The Bertz CT molecular complexity index is 838. The Labute approximate surface area is 166 Å². The molecule has 2 aromatic rings. The molecular weight excluding hydrogens is 352 g/mol. The number of rotatable bonds is 4. The minimum Gasteiger partial charge on any atom is -0.334 e. The lowest BCUT2D eigenvalue weighted by Crippen LogP contribution is -2.49. The minimum atomic E-state index is -0.342. The van der Waals surface area contributed by atoms with Gasteiger partial charge in [0.2, 0.25) is 0 Å². The Hall–Kier alpha value is -2.86. The first kappa shape index (κ1) is 19.9. The zero-order valence-corrected chi connectivity index (χ0v) is 16.4. The van der Waals surface area contributed by atoms with Crippen LogP contribution in [0.25, 0.3) is 0 Å². The summed E-state index contributed by atoms with van der Waals surface area (Å²) in [5.74, 6) is 0.545. The zero-order chi connectivity index (χ0) is 20.1. The van der Waals surface area contributed by atoms with E-state index in [0.29, 0.717) is 35.9 Å². The number of aryl methyl sites for hydroxylation is 1. The lowest BCUT2D eigenvalue weighted by atomic mass is 9.91. The summed E-state index contributed by atoms with van der Waals surface area (Å²) in [5, 5.41) is 5.63. The highest BCUT2D eigenvalue weighted by Gasteiger charge is 2.29. The molecule has 0 saturated carbocycles. The number of likely N-dealkylation sites (tertiary alicyclic amines) is 1. The molecule has 4 N–H and O–H groups in total. The third-order valence-electron chi connectivity index (χ3n) is 5.28. The van der Waals surface area contributed by atoms with Gasteiger partial charge in [0.05, 0.1) is 0 Å². The summed E-state index contributed by atoms with van der Waals surface area (Å²) < 4.78 is 0. The number of piperidine rings is 1. The van der Waals surface area contributed by atoms with E-state index in [9.17, 15) is 9.59 Å². The van der Waals surface area contributed by atoms with Gasteiger partial charge in [0.25, 0.3) is 5.91 Å². The number of anilines is 2. The van der Waals surface area contributed by atoms with Gasteiger partial charge in [-0.25, -0.2) is 4.79 Å². The number of benzene rings is 2. The van der Waals surface area contributed by atoms with Crippen molar-refractivity contribution in [2.45, 2.75) is 32.7 Å². The van der Waals surface area contributed by atoms with E-state index in [-0.39, 0.29) is 18.0 Å². The van der Waals surface area contributed by atoms with Crippen LogP contribution in [0.15, 0.2) is 48.5 Å². The summed E-state index contributed by atoms with van der Waals surface area (Å²) in [5.41, 5.74) is 8.69. The first-order valence-corrected chi connectivity index (χ1v) is 9.72. The van der Waals surface area contributed by atoms with Gasteiger partial charge in [0.15, 0.2) is 0 Å². The van der Waals surface area contributed by atoms with Crippen molar-refractivity contribution in [2.75, 3.05) is 23.7 Å². The molecular formula is C22H28N4O2. The quantitative estimate of drug-likeness (QED) is 0.753. The highest BCUT2D eigenvalue weighted by Crippen LogP contribution is 2.25. The number of para-hydroxylation sites is 1. The Morgan fingerprint density at radius 2 is 1.89 bits per heavy atom. The van der Waals surface area contributed by atoms with E-state index in [0.717, 1.165) is 18.4 Å². The number of amides is 3. The van der Waals surface area contributed by atoms with E-state index in [2.05, 4.69) is 17.6 Å². The molecule has 0 radical (unpaired) electrons. The number of nitrogens with one attached hydrogen (secondary N) is 2. The van der Waals surface area contributed by atoms with Crippen LogP contribution in [0.4, 0.5) is 16.2 Å². The summed E-state index contributed by atoms with van der Waals surface area (Å²) in [6.07, 6.45) is 1.91. The topological polar surface area (TPSA) is 87.5 Å². The normalized spacial score (nSPS) is 19.2. The Kier molecular flexibility index (Phi) is 6.31. The minimum absolute atomic E-state index is 0.0335. The van der Waals surface area contributed by atoms with Crippen molar-refractivity contribution in [1.82, 2.24) is 4.90 Å². The molecule has 1 fully saturated rings. The molecule has 0 spiro atoms. The van der Waals surface area contributed by atoms with E-state index < -0.39 is 0 Å². The lowest BCUT2D eigenvalue weighted by Gasteiger charge is -2.38. The first-order chi connectivity index (χ1) is 13.5. The molecule has 0 aromatic heterocycles. The van der Waals surface area contributed by atoms with Crippen molar-refractivity contribution in [3.63, 3.8) is 0 Å². The number of urea groups is 1. The average molecular weight is 380 g/mol. The summed E-state index contributed by atoms with van der Waals surface area (Å²) in [4.78, 5) is 27.2. The standard InChI is InChI=1S/C22H28N4O2/c1-15-10-11-26(19(12-15)14-23)21(27)17-9-8-16(2)20(13-17)25-22(28)24-18-6-4-3-5-7-18/h3-9,13,15,19H,10-12,14,23H2,1-2H3,(H2,24,25,28). The number of carbonyl (C=O) groups excluding carboxylic acids is 2. The molecule has 1 heterocycles. The molecule has 1 aliphatic heterocycles. The zero-order valence-electron chi connectivity index (χ0n) is 16.4. The average Bonchev–Trinajstić information content (AvgIpc) is 2.69. The van der Waals surface area contributed by atoms with E-state index in [1.807, 2.05) is 54.3 Å². The Balaban J connectivity index is 1.73. The maximum Gasteiger partial charge on any atom is 0.323 e. The molecule has 28 heavy (non-hydrogen) atoms. The third kappa shape index (κ3) is 4.70. The first-order valence-electron chi connectivity index (χ1n) is 9.72. The van der Waals surface area contributed by atoms with E-state index in [1.165, 1.54) is 0 Å². The van der Waals surface area contributed by atoms with Gasteiger partial charge < -0.3 is 21.3 Å². The van der Waals surface area contributed by atoms with Gasteiger partial charge in [-0.15, -0.1) is 0 Å². The smallest absolute Gasteiger partial charge is 0.323 e. The second kappa shape index (κ2) is 8.89. The van der Waals surface area contributed by atoms with Crippen molar-refractivity contribution in [3.8, 4) is 0 Å². The fourth-order valence-electron chi connectivity index (χ4n) is 3.60. The fourth-order valence-corrected chi connectivity index (χ4v) is 3.60. The molecule has 6 nitrogen and oxygen atoms in total. The number of nitrogens with two attached hydrogens (primary N) is 1. The van der Waals surface area contributed by atoms with Gasteiger partial charge in [-0.1, -0.05) is 31.2 Å². The van der Waals surface area contributed by atoms with Crippen LogP contribution in [0.5, 0.6) is 0 Å². The third-order valence-corrected chi connectivity index (χ3v) is 5.28. The van der Waals surface area contributed by atoms with E-state index in [1.54, 1.807) is 6.07 Å². The second-order valence-corrected chi connectivity index (χ2v) is 7.49. The fraction of sp³-hybridized carbons (Fsp3) is 0.364. The number of carbonyl (C=O) groups is 2. The molecule has 0 bridgehead atoms. The SMILES string of the molecule is Cc1ccc(C(=O)N2CCC(C)CC2CN)cc1NC(=O)Nc1ccccc1. The highest BCUT2D eigenvalue weighted by atomic mass is 16.2. The van der Waals surface area contributed by atoms with Crippen molar-refractivity contribution >= 4 is 23.3 Å². The highest BCUT2D eigenvalue weighted by molar-refractivity contribution is 6.02. The van der Waals surface area contributed by atoms with Gasteiger partial charge in [0.1, 0.15) is 0 Å². The molecule has 0 aliphatic carbocycles. The van der Waals surface area contributed by atoms with Crippen LogP contribution in [0.1, 0.15) is 35.7 Å². The summed E-state index contributed by atoms with van der Waals surface area (Å²) in [7, 11) is 0. The van der Waals surface area contributed by atoms with Crippen LogP contribution in [0.2, 0.25) is 0 Å². The molecule has 6 heteroatoms. The molecule has 2 aromatic carbocycles. The molecule has 148 valence electrons. The molecule has 3 amide bonds. The molecule has 2 unspecified atom stereocenters. The van der Waals surface area contributed by atoms with Gasteiger partial charge in [-0.3, -0.25) is 4.79 Å². The van der Waals surface area contributed by atoms with Crippen LogP contribution >= 0.6 is 0 Å². The maximum absolute atomic E-state index is 13.1. The van der Waals surface area contributed by atoms with E-state index in [4.69, 9.17) is 5.73 Å². The summed E-state index contributed by atoms with van der Waals surface area (Å²) in [6.45, 7) is 5.28. The maximum atomic E-state index is 13.1. The van der Waals surface area contributed by atoms with Crippen molar-refractivity contribution in [1.29, 1.82) is 0 Å². The monoisotopic (exact) mass is 380 g/mol. The molecule has 1 aliphatic rings. The predicted molar refractivity (Wildman–Crippen MR) is 113 cm³/mol. The van der Waals surface area contributed by atoms with Crippen LogP contribution in [0, 0.1) is 12.8 Å². The molecule has 1 saturated heterocycles. The lowest BCUT2D eigenvalue weighted by molar-refractivity contribution is 0.0573. The van der Waals surface area contributed by atoms with Crippen LogP contribution in [-0.4, -0.2) is 36.0 Å². The summed E-state index contributed by atoms with van der Waals surface area (Å²) in [6, 6.07) is 14.4. The van der Waals surface area contributed by atoms with Gasteiger partial charge in [-0.2, -0.15) is 0 Å². The Morgan fingerprint density at radius 3 is 2.61 bits per heavy atom. The number of hydrogen-bond donors (Lipinski definition) is 3. The van der Waals surface area contributed by atoms with Crippen LogP contribution in [-0.2, 0) is 0 Å². The summed E-state index contributed by atoms with van der Waals surface area (Å²) >= 11 is 0. The largest absolute Gasteiger partial charge is 0.334 e. The molecule has 3 rings (SSSR count). The van der Waals surface area contributed by atoms with Crippen molar-refractivity contribution in [3.05, 3.63) is 59.7 Å². The van der Waals surface area contributed by atoms with Crippen molar-refractivity contribution < 1.29 is 9.59 Å². The van der Waals surface area contributed by atoms with Crippen LogP contribution in [0.3, 0.4) is 0 Å². The second-order valence-electron chi connectivity index (χ2n) is 7.49. The van der Waals surface area contributed by atoms with Gasteiger partial charge in [-0.05, 0) is 55.5 Å². The van der Waals surface area contributed by atoms with Crippen LogP contribution < -0.4 is 16.4 Å². The predicted octanol–water partition coefficient (Wildman–Crippen LogP) is 3.84. The molecule has 2 atom stereocenters. The van der Waals surface area contributed by atoms with Crippen molar-refractivity contribution in [2.24, 2.45) is 11.7 Å². The van der Waals surface area contributed by atoms with E-state index >= 15 is 0 Å². The van der Waals surface area contributed by atoms with Gasteiger partial charge in [0, 0.05) is 36.1 Å². The Morgan fingerprint density at radius 1 is 1.14 bits per heavy atom. The number of nitrogens with zero attached hydrogens (tertiary/aromatic N) is 1. The van der Waals surface area contributed by atoms with Gasteiger partial charge >= 0.3 is 6.03 Å². The number of hydrogen-bond acceptors (Lipinski definition) is 3.